The second-order valence-electron chi connectivity index (χ2n) is 3.57. The molecule has 0 aliphatic heterocycles. The van der Waals surface area contributed by atoms with Crippen LogP contribution in [0.15, 0.2) is 22.9 Å². The Morgan fingerprint density at radius 3 is 2.42 bits per heavy atom. The minimum Gasteiger partial charge on any atom is -0.397 e. The van der Waals surface area contributed by atoms with Crippen LogP contribution in [0.1, 0.15) is 0 Å². The number of thiophene rings is 1. The number of nitrogens with one attached hydrogen (secondary N) is 2. The molecular weight excluding hydrogens is 312 g/mol. The number of hydrogen-bond acceptors (Lipinski definition) is 3. The van der Waals surface area contributed by atoms with E-state index >= 15 is 0 Å². The first kappa shape index (κ1) is 14.0. The van der Waals surface area contributed by atoms with Gasteiger partial charge in [0.05, 0.1) is 22.1 Å². The van der Waals surface area contributed by atoms with Crippen molar-refractivity contribution in [3.8, 4) is 0 Å². The van der Waals surface area contributed by atoms with Gasteiger partial charge in [-0.1, -0.05) is 11.6 Å². The van der Waals surface area contributed by atoms with Gasteiger partial charge in [0.25, 0.3) is 0 Å². The normalized spacial score (nSPS) is 10.3. The molecule has 0 saturated heterocycles. The van der Waals surface area contributed by atoms with Crippen molar-refractivity contribution >= 4 is 57.3 Å². The number of halogens is 3. The molecule has 0 saturated carbocycles. The van der Waals surface area contributed by atoms with Gasteiger partial charge in [-0.05, 0) is 12.2 Å². The van der Waals surface area contributed by atoms with Crippen molar-refractivity contribution in [2.45, 2.75) is 0 Å². The van der Waals surface area contributed by atoms with E-state index in [0.717, 1.165) is 12.1 Å². The summed E-state index contributed by atoms with van der Waals surface area (Å²) in [5.74, 6) is -2.02. The third-order valence-corrected chi connectivity index (χ3v) is 3.59. The van der Waals surface area contributed by atoms with Crippen LogP contribution in [0.3, 0.4) is 0 Å². The maximum atomic E-state index is 13.1. The molecule has 8 heteroatoms. The van der Waals surface area contributed by atoms with Crippen molar-refractivity contribution in [1.29, 1.82) is 0 Å². The summed E-state index contributed by atoms with van der Waals surface area (Å²) in [5.41, 5.74) is 6.43. The fraction of sp³-hybridized carbons (Fsp3) is 0. The first-order valence-electron chi connectivity index (χ1n) is 5.01. The highest BCUT2D eigenvalue weighted by molar-refractivity contribution is 7.80. The van der Waals surface area contributed by atoms with Crippen molar-refractivity contribution in [3.63, 3.8) is 0 Å². The number of thiocarbonyl (C=S) groups is 1. The Bertz CT molecular complexity index is 630. The van der Waals surface area contributed by atoms with E-state index in [-0.39, 0.29) is 16.5 Å². The third kappa shape index (κ3) is 3.31. The molecule has 3 nitrogen and oxygen atoms in total. The lowest BCUT2D eigenvalue weighted by Gasteiger charge is -2.12. The van der Waals surface area contributed by atoms with Crippen LogP contribution in [-0.4, -0.2) is 5.11 Å². The molecule has 100 valence electrons. The largest absolute Gasteiger partial charge is 0.397 e. The van der Waals surface area contributed by atoms with Crippen LogP contribution in [0.25, 0.3) is 0 Å². The molecule has 0 spiro atoms. The van der Waals surface area contributed by atoms with Gasteiger partial charge in [0.15, 0.2) is 16.7 Å². The molecular formula is C11H8ClF2N3S2. The molecule has 1 aromatic carbocycles. The molecule has 0 aliphatic carbocycles. The number of anilines is 3. The monoisotopic (exact) mass is 319 g/mol. The van der Waals surface area contributed by atoms with Gasteiger partial charge in [-0.15, -0.1) is 11.3 Å². The summed E-state index contributed by atoms with van der Waals surface area (Å²) in [4.78, 5) is 0. The van der Waals surface area contributed by atoms with Gasteiger partial charge >= 0.3 is 0 Å². The first-order valence-corrected chi connectivity index (χ1v) is 6.74. The molecule has 2 rings (SSSR count). The Morgan fingerprint density at radius 2 is 1.79 bits per heavy atom. The predicted octanol–water partition coefficient (Wildman–Crippen LogP) is 4.07. The second kappa shape index (κ2) is 5.68. The van der Waals surface area contributed by atoms with Gasteiger partial charge in [0.1, 0.15) is 0 Å². The lowest BCUT2D eigenvalue weighted by molar-refractivity contribution is 0.509. The Balaban J connectivity index is 2.11. The minimum atomic E-state index is -1.01. The van der Waals surface area contributed by atoms with Crippen molar-refractivity contribution in [1.82, 2.24) is 0 Å². The summed E-state index contributed by atoms with van der Waals surface area (Å²) < 4.78 is 26.0. The van der Waals surface area contributed by atoms with Gasteiger partial charge in [-0.2, -0.15) is 0 Å². The van der Waals surface area contributed by atoms with E-state index in [2.05, 4.69) is 10.6 Å². The Morgan fingerprint density at radius 1 is 1.16 bits per heavy atom. The fourth-order valence-corrected chi connectivity index (χ4v) is 2.49. The zero-order valence-electron chi connectivity index (χ0n) is 9.34. The van der Waals surface area contributed by atoms with Crippen molar-refractivity contribution in [3.05, 3.63) is 39.5 Å². The van der Waals surface area contributed by atoms with Crippen LogP contribution in [0.5, 0.6) is 0 Å². The Labute approximate surface area is 122 Å². The summed E-state index contributed by atoms with van der Waals surface area (Å²) in [6.45, 7) is 0. The molecule has 0 atom stereocenters. The van der Waals surface area contributed by atoms with E-state index in [1.54, 1.807) is 10.8 Å². The van der Waals surface area contributed by atoms with Crippen LogP contribution in [-0.2, 0) is 0 Å². The van der Waals surface area contributed by atoms with Crippen LogP contribution in [0.2, 0.25) is 5.02 Å². The number of rotatable bonds is 2. The van der Waals surface area contributed by atoms with Crippen LogP contribution < -0.4 is 16.4 Å². The molecule has 0 fully saturated rings. The highest BCUT2D eigenvalue weighted by Gasteiger charge is 2.10. The lowest BCUT2D eigenvalue weighted by Crippen LogP contribution is -2.20. The maximum absolute atomic E-state index is 13.1. The van der Waals surface area contributed by atoms with E-state index in [9.17, 15) is 8.78 Å². The highest BCUT2D eigenvalue weighted by Crippen LogP contribution is 2.27. The molecule has 1 heterocycles. The first-order chi connectivity index (χ1) is 8.97. The van der Waals surface area contributed by atoms with Crippen molar-refractivity contribution < 1.29 is 8.78 Å². The standard InChI is InChI=1S/C11H8ClF2N3S2/c12-5-3-19-4-10(5)17-11(18)16-9-2-7(14)6(13)1-8(9)15/h1-4H,15H2,(H2,16,17,18). The fourth-order valence-electron chi connectivity index (χ4n) is 1.32. The lowest BCUT2D eigenvalue weighted by atomic mass is 10.2. The van der Waals surface area contributed by atoms with Gasteiger partial charge in [-0.3, -0.25) is 0 Å². The number of nitrogens with two attached hydrogens (primary N) is 1. The van der Waals surface area contributed by atoms with Gasteiger partial charge < -0.3 is 16.4 Å². The highest BCUT2D eigenvalue weighted by atomic mass is 35.5. The molecule has 0 unspecified atom stereocenters. The Kier molecular flexibility index (Phi) is 4.18. The van der Waals surface area contributed by atoms with Crippen LogP contribution in [0.4, 0.5) is 25.8 Å². The number of benzene rings is 1. The zero-order chi connectivity index (χ0) is 14.0. The quantitative estimate of drug-likeness (QED) is 0.577. The Hall–Kier alpha value is -1.44. The maximum Gasteiger partial charge on any atom is 0.175 e. The SMILES string of the molecule is Nc1cc(F)c(F)cc1NC(=S)Nc1cscc1Cl. The van der Waals surface area contributed by atoms with Gasteiger partial charge in [-0.25, -0.2) is 8.78 Å². The third-order valence-electron chi connectivity index (χ3n) is 2.20. The number of nitrogen functional groups attached to an aromatic ring is 1. The topological polar surface area (TPSA) is 50.1 Å². The number of hydrogen-bond donors (Lipinski definition) is 3. The van der Waals surface area contributed by atoms with E-state index in [4.69, 9.17) is 29.6 Å². The molecule has 0 radical (unpaired) electrons. The van der Waals surface area contributed by atoms with Gasteiger partial charge in [0, 0.05) is 22.9 Å². The molecule has 0 amide bonds. The van der Waals surface area contributed by atoms with E-state index in [1.807, 2.05) is 0 Å². The predicted molar refractivity (Wildman–Crippen MR) is 79.9 cm³/mol. The van der Waals surface area contributed by atoms with Crippen LogP contribution >= 0.6 is 35.2 Å². The average molecular weight is 320 g/mol. The van der Waals surface area contributed by atoms with Gasteiger partial charge in [0.2, 0.25) is 0 Å². The molecule has 2 aromatic rings. The summed E-state index contributed by atoms with van der Waals surface area (Å²) in [6.07, 6.45) is 0. The molecule has 0 aliphatic rings. The summed E-state index contributed by atoms with van der Waals surface area (Å²) in [7, 11) is 0. The molecule has 1 aromatic heterocycles. The van der Waals surface area contributed by atoms with Crippen molar-refractivity contribution in [2.75, 3.05) is 16.4 Å². The average Bonchev–Trinajstić information content (AvgIpc) is 2.72. The van der Waals surface area contributed by atoms with E-state index in [1.165, 1.54) is 11.3 Å². The molecule has 19 heavy (non-hydrogen) atoms. The smallest absolute Gasteiger partial charge is 0.175 e. The van der Waals surface area contributed by atoms with E-state index in [0.29, 0.717) is 10.7 Å². The summed E-state index contributed by atoms with van der Waals surface area (Å²) in [5, 5.41) is 9.71. The van der Waals surface area contributed by atoms with E-state index < -0.39 is 11.6 Å². The molecule has 4 N–H and O–H groups in total. The minimum absolute atomic E-state index is 0.0551. The zero-order valence-corrected chi connectivity index (χ0v) is 11.7. The van der Waals surface area contributed by atoms with Crippen LogP contribution in [0, 0.1) is 11.6 Å². The summed E-state index contributed by atoms with van der Waals surface area (Å²) >= 11 is 12.3. The second-order valence-corrected chi connectivity index (χ2v) is 5.13. The molecule has 0 bridgehead atoms. The van der Waals surface area contributed by atoms with Crippen molar-refractivity contribution in [2.24, 2.45) is 0 Å². The summed E-state index contributed by atoms with van der Waals surface area (Å²) in [6, 6.07) is 1.83.